The average molecular weight is 260 g/mol. The maximum absolute atomic E-state index is 13.0. The number of hydrogen-bond acceptors (Lipinski definition) is 1. The molecule has 17 heavy (non-hydrogen) atoms. The van der Waals surface area contributed by atoms with Crippen molar-refractivity contribution in [1.82, 2.24) is 5.32 Å². The number of benzene rings is 1. The summed E-state index contributed by atoms with van der Waals surface area (Å²) in [6.45, 7) is 0.578. The Bertz CT molecular complexity index is 376. The van der Waals surface area contributed by atoms with Crippen LogP contribution < -0.4 is 5.32 Å². The molecule has 94 valence electrons. The van der Waals surface area contributed by atoms with E-state index >= 15 is 0 Å². The molecule has 1 aliphatic carbocycles. The standard InChI is InChI=1S/C13H16ClF2N/c14-10-2-4-11(5-3-10)17-8-9-1-6-12(15)13(16)7-9/h1,6-7,10-11,17H,2-5,8H2. The minimum absolute atomic E-state index is 0.302. The van der Waals surface area contributed by atoms with Gasteiger partial charge in [0, 0.05) is 18.0 Å². The Morgan fingerprint density at radius 2 is 1.82 bits per heavy atom. The van der Waals surface area contributed by atoms with Crippen molar-refractivity contribution >= 4 is 11.6 Å². The fraction of sp³-hybridized carbons (Fsp3) is 0.538. The Morgan fingerprint density at radius 3 is 2.47 bits per heavy atom. The van der Waals surface area contributed by atoms with E-state index in [1.54, 1.807) is 6.07 Å². The third kappa shape index (κ3) is 3.65. The first-order chi connectivity index (χ1) is 8.15. The highest BCUT2D eigenvalue weighted by atomic mass is 35.5. The van der Waals surface area contributed by atoms with Crippen molar-refractivity contribution in [3.8, 4) is 0 Å². The van der Waals surface area contributed by atoms with Gasteiger partial charge in [0.2, 0.25) is 0 Å². The fourth-order valence-corrected chi connectivity index (χ4v) is 2.42. The van der Waals surface area contributed by atoms with Crippen LogP contribution in [0.5, 0.6) is 0 Å². The molecule has 2 rings (SSSR count). The van der Waals surface area contributed by atoms with Gasteiger partial charge in [-0.15, -0.1) is 11.6 Å². The van der Waals surface area contributed by atoms with Crippen molar-refractivity contribution in [1.29, 1.82) is 0 Å². The molecular formula is C13H16ClF2N. The van der Waals surface area contributed by atoms with Crippen LogP contribution in [0.2, 0.25) is 0 Å². The third-order valence-corrected chi connectivity index (χ3v) is 3.67. The summed E-state index contributed by atoms with van der Waals surface area (Å²) in [6, 6.07) is 4.47. The summed E-state index contributed by atoms with van der Waals surface area (Å²) in [4.78, 5) is 0. The van der Waals surface area contributed by atoms with E-state index in [0.29, 0.717) is 18.0 Å². The number of alkyl halides is 1. The van der Waals surface area contributed by atoms with Crippen LogP contribution in [0.25, 0.3) is 0 Å². The van der Waals surface area contributed by atoms with Gasteiger partial charge in [0.25, 0.3) is 0 Å². The van der Waals surface area contributed by atoms with Crippen molar-refractivity contribution in [2.75, 3.05) is 0 Å². The highest BCUT2D eigenvalue weighted by Gasteiger charge is 2.18. The Hall–Kier alpha value is -0.670. The highest BCUT2D eigenvalue weighted by molar-refractivity contribution is 6.20. The van der Waals surface area contributed by atoms with E-state index in [4.69, 9.17) is 11.6 Å². The van der Waals surface area contributed by atoms with Crippen molar-refractivity contribution in [2.24, 2.45) is 0 Å². The maximum Gasteiger partial charge on any atom is 0.159 e. The molecule has 4 heteroatoms. The predicted octanol–water partition coefficient (Wildman–Crippen LogP) is 3.60. The molecule has 1 N–H and O–H groups in total. The molecule has 1 nitrogen and oxygen atoms in total. The summed E-state index contributed by atoms with van der Waals surface area (Å²) in [6.07, 6.45) is 4.16. The summed E-state index contributed by atoms with van der Waals surface area (Å²) in [5, 5.41) is 3.66. The van der Waals surface area contributed by atoms with Gasteiger partial charge in [-0.05, 0) is 43.4 Å². The first-order valence-electron chi connectivity index (χ1n) is 5.96. The van der Waals surface area contributed by atoms with Crippen LogP contribution in [0.15, 0.2) is 18.2 Å². The summed E-state index contributed by atoms with van der Waals surface area (Å²) in [7, 11) is 0. The van der Waals surface area contributed by atoms with Crippen LogP contribution in [0.3, 0.4) is 0 Å². The molecule has 0 heterocycles. The molecule has 0 saturated heterocycles. The SMILES string of the molecule is Fc1ccc(CNC2CCC(Cl)CC2)cc1F. The molecule has 0 aliphatic heterocycles. The van der Waals surface area contributed by atoms with Gasteiger partial charge in [-0.1, -0.05) is 6.07 Å². The van der Waals surface area contributed by atoms with Crippen LogP contribution in [0.1, 0.15) is 31.2 Å². The zero-order valence-electron chi connectivity index (χ0n) is 9.56. The van der Waals surface area contributed by atoms with Gasteiger partial charge in [0.05, 0.1) is 0 Å². The first kappa shape index (κ1) is 12.8. The summed E-state index contributed by atoms with van der Waals surface area (Å²) in [5.41, 5.74) is 0.775. The molecule has 0 bridgehead atoms. The molecule has 1 aromatic rings. The molecule has 1 aliphatic rings. The molecule has 0 aromatic heterocycles. The van der Waals surface area contributed by atoms with Crippen molar-refractivity contribution in [3.05, 3.63) is 35.4 Å². The number of hydrogen-bond donors (Lipinski definition) is 1. The lowest BCUT2D eigenvalue weighted by Crippen LogP contribution is -2.32. The van der Waals surface area contributed by atoms with Gasteiger partial charge in [-0.25, -0.2) is 8.78 Å². The Labute approximate surface area is 105 Å². The van der Waals surface area contributed by atoms with Gasteiger partial charge >= 0.3 is 0 Å². The van der Waals surface area contributed by atoms with Crippen molar-refractivity contribution < 1.29 is 8.78 Å². The van der Waals surface area contributed by atoms with Crippen LogP contribution in [0.4, 0.5) is 8.78 Å². The van der Waals surface area contributed by atoms with E-state index < -0.39 is 11.6 Å². The number of nitrogens with one attached hydrogen (secondary N) is 1. The summed E-state index contributed by atoms with van der Waals surface area (Å²) < 4.78 is 25.7. The Kier molecular flexibility index (Phi) is 4.35. The molecule has 1 aromatic carbocycles. The minimum atomic E-state index is -0.795. The lowest BCUT2D eigenvalue weighted by atomic mass is 9.95. The first-order valence-corrected chi connectivity index (χ1v) is 6.40. The Morgan fingerprint density at radius 1 is 1.12 bits per heavy atom. The fourth-order valence-electron chi connectivity index (χ4n) is 2.17. The minimum Gasteiger partial charge on any atom is -0.310 e. The second-order valence-electron chi connectivity index (χ2n) is 4.58. The molecule has 0 atom stereocenters. The van der Waals surface area contributed by atoms with E-state index in [2.05, 4.69) is 5.32 Å². The molecule has 1 saturated carbocycles. The molecule has 0 amide bonds. The normalized spacial score (nSPS) is 24.9. The lowest BCUT2D eigenvalue weighted by molar-refractivity contribution is 0.375. The quantitative estimate of drug-likeness (QED) is 0.818. The highest BCUT2D eigenvalue weighted by Crippen LogP contribution is 2.23. The van der Waals surface area contributed by atoms with Gasteiger partial charge in [-0.3, -0.25) is 0 Å². The van der Waals surface area contributed by atoms with Gasteiger partial charge in [0.1, 0.15) is 0 Å². The zero-order chi connectivity index (χ0) is 12.3. The predicted molar refractivity (Wildman–Crippen MR) is 65.1 cm³/mol. The maximum atomic E-state index is 13.0. The van der Waals surface area contributed by atoms with Crippen LogP contribution in [-0.2, 0) is 6.54 Å². The van der Waals surface area contributed by atoms with E-state index in [1.807, 2.05) is 0 Å². The Balaban J connectivity index is 1.83. The van der Waals surface area contributed by atoms with E-state index in [-0.39, 0.29) is 0 Å². The van der Waals surface area contributed by atoms with Crippen LogP contribution in [0, 0.1) is 11.6 Å². The molecule has 0 radical (unpaired) electrons. The topological polar surface area (TPSA) is 12.0 Å². The lowest BCUT2D eigenvalue weighted by Gasteiger charge is -2.26. The number of halogens is 3. The van der Waals surface area contributed by atoms with E-state index in [0.717, 1.165) is 31.2 Å². The summed E-state index contributed by atoms with van der Waals surface area (Å²) in [5.74, 6) is -1.58. The second kappa shape index (κ2) is 5.78. The smallest absolute Gasteiger partial charge is 0.159 e. The molecule has 0 unspecified atom stereocenters. The van der Waals surface area contributed by atoms with Gasteiger partial charge in [-0.2, -0.15) is 0 Å². The van der Waals surface area contributed by atoms with E-state index in [9.17, 15) is 8.78 Å². The van der Waals surface area contributed by atoms with Gasteiger partial charge < -0.3 is 5.32 Å². The van der Waals surface area contributed by atoms with Gasteiger partial charge in [0.15, 0.2) is 11.6 Å². The van der Waals surface area contributed by atoms with Crippen LogP contribution >= 0.6 is 11.6 Å². The summed E-state index contributed by atoms with van der Waals surface area (Å²) >= 11 is 6.02. The monoisotopic (exact) mass is 259 g/mol. The molecular weight excluding hydrogens is 244 g/mol. The zero-order valence-corrected chi connectivity index (χ0v) is 10.3. The van der Waals surface area contributed by atoms with Crippen molar-refractivity contribution in [2.45, 2.75) is 43.6 Å². The number of rotatable bonds is 3. The molecule has 0 spiro atoms. The van der Waals surface area contributed by atoms with Crippen molar-refractivity contribution in [3.63, 3.8) is 0 Å². The molecule has 1 fully saturated rings. The third-order valence-electron chi connectivity index (χ3n) is 3.24. The van der Waals surface area contributed by atoms with Crippen LogP contribution in [-0.4, -0.2) is 11.4 Å². The van der Waals surface area contributed by atoms with E-state index in [1.165, 1.54) is 12.1 Å². The second-order valence-corrected chi connectivity index (χ2v) is 5.20. The largest absolute Gasteiger partial charge is 0.310 e. The average Bonchev–Trinajstić information content (AvgIpc) is 2.33.